The molecule has 1 aromatic rings. The van der Waals surface area contributed by atoms with Crippen LogP contribution >= 0.6 is 23.2 Å². The van der Waals surface area contributed by atoms with Crippen LogP contribution in [0.4, 0.5) is 0 Å². The van der Waals surface area contributed by atoms with Gasteiger partial charge in [0.1, 0.15) is 6.54 Å². The summed E-state index contributed by atoms with van der Waals surface area (Å²) >= 11 is 11.6. The maximum atomic E-state index is 12.1. The van der Waals surface area contributed by atoms with Gasteiger partial charge in [-0.05, 0) is 32.0 Å². The summed E-state index contributed by atoms with van der Waals surface area (Å²) in [5.41, 5.74) is 0.319. The summed E-state index contributed by atoms with van der Waals surface area (Å²) in [4.78, 5) is 24.1. The number of amides is 1. The maximum absolute atomic E-state index is 12.1. The number of rotatable bonds is 4. The van der Waals surface area contributed by atoms with E-state index < -0.39 is 5.97 Å². The summed E-state index contributed by atoms with van der Waals surface area (Å²) in [5.74, 6) is -1.44. The van der Waals surface area contributed by atoms with Crippen molar-refractivity contribution in [1.82, 2.24) is 4.90 Å². The molecule has 6 heteroatoms. The molecule has 1 aromatic carbocycles. The second-order valence-corrected chi connectivity index (χ2v) is 4.86. The molecule has 0 unspecified atom stereocenters. The Morgan fingerprint density at radius 1 is 1.28 bits per heavy atom. The van der Waals surface area contributed by atoms with Crippen LogP contribution in [-0.4, -0.2) is 34.5 Å². The maximum Gasteiger partial charge on any atom is 0.323 e. The molecule has 0 aliphatic rings. The van der Waals surface area contributed by atoms with Crippen LogP contribution in [0.2, 0.25) is 10.0 Å². The van der Waals surface area contributed by atoms with Crippen LogP contribution in [0.25, 0.3) is 0 Å². The molecule has 1 amide bonds. The van der Waals surface area contributed by atoms with Gasteiger partial charge in [-0.3, -0.25) is 9.59 Å². The number of carboxylic acids is 1. The number of carboxylic acid groups (broad SMARTS) is 1. The summed E-state index contributed by atoms with van der Waals surface area (Å²) in [6, 6.07) is 4.25. The third-order valence-electron chi connectivity index (χ3n) is 2.36. The van der Waals surface area contributed by atoms with Crippen molar-refractivity contribution in [2.24, 2.45) is 0 Å². The van der Waals surface area contributed by atoms with Crippen molar-refractivity contribution in [2.75, 3.05) is 6.54 Å². The second-order valence-electron chi connectivity index (χ2n) is 4.05. The van der Waals surface area contributed by atoms with E-state index in [0.717, 1.165) is 0 Å². The first-order valence-corrected chi connectivity index (χ1v) is 6.06. The van der Waals surface area contributed by atoms with E-state index in [9.17, 15) is 9.59 Å². The van der Waals surface area contributed by atoms with E-state index in [1.807, 2.05) is 0 Å². The molecular formula is C12H13Cl2NO3. The fourth-order valence-corrected chi connectivity index (χ4v) is 1.73. The molecule has 0 fully saturated rings. The van der Waals surface area contributed by atoms with Crippen LogP contribution in [0.5, 0.6) is 0 Å². The summed E-state index contributed by atoms with van der Waals surface area (Å²) in [7, 11) is 0. The van der Waals surface area contributed by atoms with Gasteiger partial charge in [-0.1, -0.05) is 23.2 Å². The first-order valence-electron chi connectivity index (χ1n) is 5.30. The van der Waals surface area contributed by atoms with E-state index in [1.54, 1.807) is 13.8 Å². The van der Waals surface area contributed by atoms with Crippen molar-refractivity contribution >= 4 is 35.1 Å². The average Bonchev–Trinajstić information content (AvgIpc) is 2.28. The Bertz CT molecular complexity index is 474. The van der Waals surface area contributed by atoms with E-state index in [4.69, 9.17) is 28.3 Å². The van der Waals surface area contributed by atoms with Gasteiger partial charge in [0.25, 0.3) is 5.91 Å². The van der Waals surface area contributed by atoms with E-state index in [0.29, 0.717) is 10.6 Å². The number of carbonyl (C=O) groups is 2. The van der Waals surface area contributed by atoms with Gasteiger partial charge < -0.3 is 10.0 Å². The van der Waals surface area contributed by atoms with Gasteiger partial charge in [0, 0.05) is 11.6 Å². The van der Waals surface area contributed by atoms with E-state index in [2.05, 4.69) is 0 Å². The molecule has 1 rings (SSSR count). The predicted octanol–water partition coefficient (Wildman–Crippen LogP) is 2.93. The number of hydrogen-bond donors (Lipinski definition) is 1. The quantitative estimate of drug-likeness (QED) is 0.927. The standard InChI is InChI=1S/C12H13Cl2NO3/c1-7(2)15(6-11(16)17)12(18)8-3-4-9(13)10(14)5-8/h3-5,7H,6H2,1-2H3,(H,16,17). The Balaban J connectivity index is 3.02. The highest BCUT2D eigenvalue weighted by Gasteiger charge is 2.21. The minimum Gasteiger partial charge on any atom is -0.480 e. The molecule has 0 saturated heterocycles. The summed E-state index contributed by atoms with van der Waals surface area (Å²) in [6.07, 6.45) is 0. The summed E-state index contributed by atoms with van der Waals surface area (Å²) in [6.45, 7) is 3.15. The predicted molar refractivity (Wildman–Crippen MR) is 70.3 cm³/mol. The number of carbonyl (C=O) groups excluding carboxylic acids is 1. The zero-order valence-corrected chi connectivity index (χ0v) is 11.5. The molecule has 0 aliphatic carbocycles. The smallest absolute Gasteiger partial charge is 0.323 e. The van der Waals surface area contributed by atoms with Crippen molar-refractivity contribution in [1.29, 1.82) is 0 Å². The molecule has 4 nitrogen and oxygen atoms in total. The Labute approximate surface area is 115 Å². The van der Waals surface area contributed by atoms with Crippen molar-refractivity contribution < 1.29 is 14.7 Å². The lowest BCUT2D eigenvalue weighted by atomic mass is 10.1. The van der Waals surface area contributed by atoms with Gasteiger partial charge in [0.05, 0.1) is 10.0 Å². The number of nitrogens with zero attached hydrogens (tertiary/aromatic N) is 1. The van der Waals surface area contributed by atoms with Gasteiger partial charge in [0.15, 0.2) is 0 Å². The highest BCUT2D eigenvalue weighted by molar-refractivity contribution is 6.42. The molecular weight excluding hydrogens is 277 g/mol. The van der Waals surface area contributed by atoms with Crippen molar-refractivity contribution in [3.8, 4) is 0 Å². The lowest BCUT2D eigenvalue weighted by Crippen LogP contribution is -2.40. The first kappa shape index (κ1) is 14.8. The van der Waals surface area contributed by atoms with E-state index >= 15 is 0 Å². The zero-order chi connectivity index (χ0) is 13.9. The molecule has 0 spiro atoms. The highest BCUT2D eigenvalue weighted by atomic mass is 35.5. The van der Waals surface area contributed by atoms with Gasteiger partial charge in [-0.15, -0.1) is 0 Å². The van der Waals surface area contributed by atoms with Crippen LogP contribution in [0.1, 0.15) is 24.2 Å². The number of aliphatic carboxylic acids is 1. The fourth-order valence-electron chi connectivity index (χ4n) is 1.43. The Kier molecular flexibility index (Phi) is 4.99. The number of benzene rings is 1. The number of hydrogen-bond acceptors (Lipinski definition) is 2. The first-order chi connectivity index (χ1) is 8.32. The summed E-state index contributed by atoms with van der Waals surface area (Å²) in [5, 5.41) is 9.40. The molecule has 0 aliphatic heterocycles. The SMILES string of the molecule is CC(C)N(CC(=O)O)C(=O)c1ccc(Cl)c(Cl)c1. The van der Waals surface area contributed by atoms with Crippen molar-refractivity contribution in [3.63, 3.8) is 0 Å². The largest absolute Gasteiger partial charge is 0.480 e. The fraction of sp³-hybridized carbons (Fsp3) is 0.333. The normalized spacial score (nSPS) is 10.5. The Morgan fingerprint density at radius 2 is 1.89 bits per heavy atom. The lowest BCUT2D eigenvalue weighted by molar-refractivity contribution is -0.138. The minimum absolute atomic E-state index is 0.219. The average molecular weight is 290 g/mol. The molecule has 0 aromatic heterocycles. The van der Waals surface area contributed by atoms with Gasteiger partial charge in [-0.25, -0.2) is 0 Å². The van der Waals surface area contributed by atoms with Crippen molar-refractivity contribution in [3.05, 3.63) is 33.8 Å². The van der Waals surface area contributed by atoms with Crippen LogP contribution < -0.4 is 0 Å². The third kappa shape index (κ3) is 3.62. The molecule has 0 radical (unpaired) electrons. The lowest BCUT2D eigenvalue weighted by Gasteiger charge is -2.25. The van der Waals surface area contributed by atoms with Crippen LogP contribution in [-0.2, 0) is 4.79 Å². The zero-order valence-electron chi connectivity index (χ0n) is 9.98. The minimum atomic E-state index is -1.06. The highest BCUT2D eigenvalue weighted by Crippen LogP contribution is 2.23. The van der Waals surface area contributed by atoms with Gasteiger partial charge in [0.2, 0.25) is 0 Å². The Hall–Kier alpha value is -1.26. The second kappa shape index (κ2) is 6.07. The van der Waals surface area contributed by atoms with Gasteiger partial charge in [-0.2, -0.15) is 0 Å². The molecule has 0 atom stereocenters. The van der Waals surface area contributed by atoms with Crippen molar-refractivity contribution in [2.45, 2.75) is 19.9 Å². The molecule has 0 bridgehead atoms. The van der Waals surface area contributed by atoms with Crippen LogP contribution in [0.3, 0.4) is 0 Å². The monoisotopic (exact) mass is 289 g/mol. The summed E-state index contributed by atoms with van der Waals surface area (Å²) < 4.78 is 0. The molecule has 0 heterocycles. The molecule has 18 heavy (non-hydrogen) atoms. The van der Waals surface area contributed by atoms with E-state index in [1.165, 1.54) is 23.1 Å². The molecule has 0 saturated carbocycles. The molecule has 1 N–H and O–H groups in total. The van der Waals surface area contributed by atoms with E-state index in [-0.39, 0.29) is 23.5 Å². The van der Waals surface area contributed by atoms with Crippen LogP contribution in [0, 0.1) is 0 Å². The Morgan fingerprint density at radius 3 is 2.33 bits per heavy atom. The van der Waals surface area contributed by atoms with Crippen LogP contribution in [0.15, 0.2) is 18.2 Å². The molecule has 98 valence electrons. The topological polar surface area (TPSA) is 57.6 Å². The van der Waals surface area contributed by atoms with Gasteiger partial charge >= 0.3 is 5.97 Å². The third-order valence-corrected chi connectivity index (χ3v) is 3.10. The number of halogens is 2.